The van der Waals surface area contributed by atoms with Gasteiger partial charge in [0.15, 0.2) is 0 Å². The molecule has 0 radical (unpaired) electrons. The van der Waals surface area contributed by atoms with Crippen LogP contribution in [0.1, 0.15) is 12.8 Å². The monoisotopic (exact) mass is 142 g/mol. The lowest BCUT2D eigenvalue weighted by molar-refractivity contribution is 0.456. The van der Waals surface area contributed by atoms with Crippen LogP contribution in [0.5, 0.6) is 0 Å². The molecule has 0 aromatic carbocycles. The zero-order valence-corrected chi connectivity index (χ0v) is 6.14. The fourth-order valence-corrected chi connectivity index (χ4v) is 3.92. The highest BCUT2D eigenvalue weighted by Gasteiger charge is 2.67. The predicted molar refractivity (Wildman–Crippen MR) is 37.4 cm³/mol. The first-order valence-electron chi connectivity index (χ1n) is 3.98. The summed E-state index contributed by atoms with van der Waals surface area (Å²) >= 11 is 5.85. The number of halogens is 1. The molecular formula is C8H11Cl. The van der Waals surface area contributed by atoms with Crippen LogP contribution in [0, 0.1) is 29.6 Å². The second kappa shape index (κ2) is 1.32. The average molecular weight is 143 g/mol. The summed E-state index contributed by atoms with van der Waals surface area (Å²) in [5, 5.41) is 0. The smallest absolute Gasteiger partial charge is 0.0257 e. The van der Waals surface area contributed by atoms with E-state index in [-0.39, 0.29) is 0 Å². The lowest BCUT2D eigenvalue weighted by Crippen LogP contribution is -2.05. The second-order valence-corrected chi connectivity index (χ2v) is 4.26. The van der Waals surface area contributed by atoms with Gasteiger partial charge in [-0.25, -0.2) is 0 Å². The third-order valence-corrected chi connectivity index (χ3v) is 4.18. The molecule has 0 amide bonds. The fourth-order valence-electron chi connectivity index (χ4n) is 3.46. The molecule has 0 aromatic heterocycles. The van der Waals surface area contributed by atoms with Crippen molar-refractivity contribution in [2.45, 2.75) is 12.8 Å². The molecule has 4 saturated carbocycles. The minimum atomic E-state index is 0.946. The van der Waals surface area contributed by atoms with Gasteiger partial charge in [-0.3, -0.25) is 0 Å². The Morgan fingerprint density at radius 1 is 1.22 bits per heavy atom. The van der Waals surface area contributed by atoms with Crippen molar-refractivity contribution in [1.29, 1.82) is 0 Å². The SMILES string of the molecule is ClCC1C2CC3C(C2)C13. The van der Waals surface area contributed by atoms with Gasteiger partial charge in [0.2, 0.25) is 0 Å². The fraction of sp³-hybridized carbons (Fsp3) is 1.00. The normalized spacial score (nSPS) is 67.0. The van der Waals surface area contributed by atoms with Gasteiger partial charge in [0.1, 0.15) is 0 Å². The summed E-state index contributed by atoms with van der Waals surface area (Å²) in [6.07, 6.45) is 3.07. The first kappa shape index (κ1) is 5.01. The van der Waals surface area contributed by atoms with E-state index >= 15 is 0 Å². The molecular weight excluding hydrogens is 132 g/mol. The highest BCUT2D eigenvalue weighted by atomic mass is 35.5. The van der Waals surface area contributed by atoms with Gasteiger partial charge < -0.3 is 0 Å². The van der Waals surface area contributed by atoms with Crippen LogP contribution in [-0.4, -0.2) is 5.88 Å². The summed E-state index contributed by atoms with van der Waals surface area (Å²) in [7, 11) is 0. The van der Waals surface area contributed by atoms with Crippen molar-refractivity contribution in [1.82, 2.24) is 0 Å². The van der Waals surface area contributed by atoms with Crippen molar-refractivity contribution in [2.75, 3.05) is 5.88 Å². The average Bonchev–Trinajstić information content (AvgIpc) is 2.40. The Bertz CT molecular complexity index is 141. The van der Waals surface area contributed by atoms with E-state index in [0.29, 0.717) is 0 Å². The number of hydrogen-bond acceptors (Lipinski definition) is 0. The maximum atomic E-state index is 5.85. The van der Waals surface area contributed by atoms with E-state index in [9.17, 15) is 0 Å². The highest BCUT2D eigenvalue weighted by Crippen LogP contribution is 2.73. The molecule has 1 heteroatoms. The zero-order chi connectivity index (χ0) is 6.01. The van der Waals surface area contributed by atoms with Crippen molar-refractivity contribution < 1.29 is 0 Å². The topological polar surface area (TPSA) is 0 Å². The van der Waals surface area contributed by atoms with Crippen LogP contribution < -0.4 is 0 Å². The van der Waals surface area contributed by atoms with Gasteiger partial charge >= 0.3 is 0 Å². The van der Waals surface area contributed by atoms with Gasteiger partial charge in [-0.2, -0.15) is 0 Å². The van der Waals surface area contributed by atoms with Crippen molar-refractivity contribution in [2.24, 2.45) is 29.6 Å². The molecule has 3 unspecified atom stereocenters. The number of hydrogen-bond donors (Lipinski definition) is 0. The van der Waals surface area contributed by atoms with Crippen LogP contribution in [0.2, 0.25) is 0 Å². The first-order valence-corrected chi connectivity index (χ1v) is 4.51. The maximum absolute atomic E-state index is 5.85. The Hall–Kier alpha value is 0.290. The Morgan fingerprint density at radius 3 is 2.11 bits per heavy atom. The maximum Gasteiger partial charge on any atom is 0.0257 e. The third-order valence-electron chi connectivity index (χ3n) is 3.83. The Morgan fingerprint density at radius 2 is 1.89 bits per heavy atom. The lowest BCUT2D eigenvalue weighted by Gasteiger charge is -2.08. The van der Waals surface area contributed by atoms with E-state index in [1.165, 1.54) is 12.8 Å². The molecule has 4 aliphatic carbocycles. The minimum absolute atomic E-state index is 0.946. The van der Waals surface area contributed by atoms with E-state index in [1.54, 1.807) is 0 Å². The van der Waals surface area contributed by atoms with Gasteiger partial charge in [0, 0.05) is 5.88 Å². The molecule has 4 rings (SSSR count). The summed E-state index contributed by atoms with van der Waals surface area (Å²) in [5.74, 6) is 6.36. The van der Waals surface area contributed by atoms with E-state index in [4.69, 9.17) is 11.6 Å². The van der Waals surface area contributed by atoms with Crippen LogP contribution in [-0.2, 0) is 0 Å². The van der Waals surface area contributed by atoms with Gasteiger partial charge in [-0.05, 0) is 42.4 Å². The Labute approximate surface area is 60.6 Å². The lowest BCUT2D eigenvalue weighted by atomic mass is 10.0. The van der Waals surface area contributed by atoms with Gasteiger partial charge in [-0.1, -0.05) is 0 Å². The van der Waals surface area contributed by atoms with Crippen molar-refractivity contribution in [3.63, 3.8) is 0 Å². The van der Waals surface area contributed by atoms with Gasteiger partial charge in [0.05, 0.1) is 0 Å². The summed E-state index contributed by atoms with van der Waals surface area (Å²) in [6.45, 7) is 0. The largest absolute Gasteiger partial charge is 0.126 e. The van der Waals surface area contributed by atoms with E-state index < -0.39 is 0 Å². The van der Waals surface area contributed by atoms with Crippen LogP contribution >= 0.6 is 11.6 Å². The van der Waals surface area contributed by atoms with Crippen LogP contribution in [0.25, 0.3) is 0 Å². The number of rotatable bonds is 1. The number of alkyl halides is 1. The molecule has 0 spiro atoms. The summed E-state index contributed by atoms with van der Waals surface area (Å²) in [5.41, 5.74) is 0. The zero-order valence-electron chi connectivity index (χ0n) is 5.39. The highest BCUT2D eigenvalue weighted by molar-refractivity contribution is 6.18. The molecule has 0 aliphatic heterocycles. The third kappa shape index (κ3) is 0.410. The summed E-state index contributed by atoms with van der Waals surface area (Å²) < 4.78 is 0. The first-order chi connectivity index (χ1) is 4.42. The molecule has 0 N–H and O–H groups in total. The van der Waals surface area contributed by atoms with E-state index in [0.717, 1.165) is 35.5 Å². The van der Waals surface area contributed by atoms with Crippen LogP contribution in [0.4, 0.5) is 0 Å². The predicted octanol–water partition coefficient (Wildman–Crippen LogP) is 2.13. The molecule has 4 bridgehead atoms. The molecule has 50 valence electrons. The van der Waals surface area contributed by atoms with Gasteiger partial charge in [-0.15, -0.1) is 11.6 Å². The molecule has 0 aromatic rings. The van der Waals surface area contributed by atoms with Crippen molar-refractivity contribution >= 4 is 11.6 Å². The van der Waals surface area contributed by atoms with Crippen LogP contribution in [0.3, 0.4) is 0 Å². The van der Waals surface area contributed by atoms with Crippen LogP contribution in [0.15, 0.2) is 0 Å². The molecule has 0 heterocycles. The second-order valence-electron chi connectivity index (χ2n) is 3.95. The Kier molecular flexibility index (Phi) is 0.733. The molecule has 0 saturated heterocycles. The van der Waals surface area contributed by atoms with Crippen molar-refractivity contribution in [3.8, 4) is 0 Å². The molecule has 0 nitrogen and oxygen atoms in total. The summed E-state index contributed by atoms with van der Waals surface area (Å²) in [4.78, 5) is 0. The molecule has 4 aliphatic rings. The quantitative estimate of drug-likeness (QED) is 0.492. The molecule has 4 fully saturated rings. The van der Waals surface area contributed by atoms with E-state index in [2.05, 4.69) is 0 Å². The Balaban J connectivity index is 1.95. The van der Waals surface area contributed by atoms with Gasteiger partial charge in [0.25, 0.3) is 0 Å². The molecule has 3 atom stereocenters. The molecule has 9 heavy (non-hydrogen) atoms. The van der Waals surface area contributed by atoms with Crippen molar-refractivity contribution in [3.05, 3.63) is 0 Å². The standard InChI is InChI=1S/C8H11Cl/c9-3-7-4-1-5-6(2-4)8(5)7/h4-8H,1-3H2. The minimum Gasteiger partial charge on any atom is -0.126 e. The van der Waals surface area contributed by atoms with E-state index in [1.807, 2.05) is 0 Å². The summed E-state index contributed by atoms with van der Waals surface area (Å²) in [6, 6.07) is 0.